The summed E-state index contributed by atoms with van der Waals surface area (Å²) < 4.78 is 29.8. The number of ether oxygens (including phenoxy) is 5. The Labute approximate surface area is 334 Å². The van der Waals surface area contributed by atoms with E-state index in [1.54, 1.807) is 7.05 Å². The van der Waals surface area contributed by atoms with Gasteiger partial charge in [0.1, 0.15) is 61.5 Å². The molecule has 320 valence electrons. The Morgan fingerprint density at radius 3 is 1.78 bits per heavy atom. The fourth-order valence-electron chi connectivity index (χ4n) is 8.53. The van der Waals surface area contributed by atoms with E-state index in [4.69, 9.17) is 23.7 Å². The van der Waals surface area contributed by atoms with Crippen LogP contribution in [0.15, 0.2) is 48.5 Å². The van der Waals surface area contributed by atoms with Gasteiger partial charge in [0.2, 0.25) is 11.8 Å². The molecule has 1 saturated carbocycles. The van der Waals surface area contributed by atoms with Crippen LogP contribution in [0, 0.1) is 5.92 Å². The van der Waals surface area contributed by atoms with Crippen LogP contribution in [-0.4, -0.2) is 173 Å². The van der Waals surface area contributed by atoms with E-state index in [0.29, 0.717) is 0 Å². The summed E-state index contributed by atoms with van der Waals surface area (Å²) in [6.07, 6.45) is -17.9. The van der Waals surface area contributed by atoms with Gasteiger partial charge in [-0.15, -0.1) is 0 Å². The largest absolute Gasteiger partial charge is 0.449 e. The number of hydrogen-bond acceptors (Lipinski definition) is 16. The highest BCUT2D eigenvalue weighted by atomic mass is 16.7. The van der Waals surface area contributed by atoms with Crippen LogP contribution >= 0.6 is 0 Å². The highest BCUT2D eigenvalue weighted by Crippen LogP contribution is 2.44. The summed E-state index contributed by atoms with van der Waals surface area (Å²) >= 11 is 0. The van der Waals surface area contributed by atoms with Crippen molar-refractivity contribution >= 4 is 17.9 Å². The maximum absolute atomic E-state index is 13.4. The summed E-state index contributed by atoms with van der Waals surface area (Å²) in [4.78, 5) is 38.2. The predicted molar refractivity (Wildman–Crippen MR) is 201 cm³/mol. The summed E-state index contributed by atoms with van der Waals surface area (Å²) in [6, 6.07) is 12.1. The van der Waals surface area contributed by atoms with Gasteiger partial charge in [-0.3, -0.25) is 9.59 Å². The number of carbonyl (C=O) groups is 3. The molecule has 2 saturated heterocycles. The van der Waals surface area contributed by atoms with Crippen molar-refractivity contribution in [2.24, 2.45) is 5.92 Å². The Balaban J connectivity index is 1.22. The number of carbonyl (C=O) groups excluding carboxylic acids is 3. The number of aliphatic hydroxyl groups is 7. The fourth-order valence-corrected chi connectivity index (χ4v) is 8.53. The van der Waals surface area contributed by atoms with Crippen LogP contribution in [0.5, 0.6) is 0 Å². The maximum Gasteiger partial charge on any atom is 0.407 e. The number of hydrogen-bond donors (Lipinski definition) is 11. The van der Waals surface area contributed by atoms with Gasteiger partial charge in [0.05, 0.1) is 37.3 Å². The van der Waals surface area contributed by atoms with Crippen LogP contribution in [0.4, 0.5) is 4.79 Å². The molecule has 2 aliphatic carbocycles. The van der Waals surface area contributed by atoms with Crippen molar-refractivity contribution < 1.29 is 73.8 Å². The van der Waals surface area contributed by atoms with Gasteiger partial charge in [-0.2, -0.15) is 0 Å². The Hall–Kier alpha value is -3.83. The predicted octanol–water partition coefficient (Wildman–Crippen LogP) is -2.85. The molecule has 0 spiro atoms. The Morgan fingerprint density at radius 1 is 0.690 bits per heavy atom. The molecule has 3 fully saturated rings. The highest BCUT2D eigenvalue weighted by molar-refractivity contribution is 5.79. The van der Waals surface area contributed by atoms with E-state index < -0.39 is 123 Å². The number of benzene rings is 2. The molecular formula is C39H54N4O15. The second-order valence-electron chi connectivity index (χ2n) is 15.2. The van der Waals surface area contributed by atoms with Crippen molar-refractivity contribution in [3.05, 3.63) is 59.7 Å². The lowest BCUT2D eigenvalue weighted by Crippen LogP contribution is -2.69. The van der Waals surface area contributed by atoms with E-state index in [0.717, 1.165) is 22.3 Å². The summed E-state index contributed by atoms with van der Waals surface area (Å²) in [7, 11) is 1.58. The molecule has 0 aromatic heterocycles. The first-order chi connectivity index (χ1) is 27.8. The minimum Gasteiger partial charge on any atom is -0.449 e. The maximum atomic E-state index is 13.4. The summed E-state index contributed by atoms with van der Waals surface area (Å²) in [5, 5.41) is 86.8. The number of likely N-dealkylation sites (N-methyl/N-ethyl adjacent to an activating group) is 1. The molecule has 2 aromatic rings. The van der Waals surface area contributed by atoms with Crippen molar-refractivity contribution in [1.29, 1.82) is 0 Å². The molecular weight excluding hydrogens is 764 g/mol. The standard InChI is InChI=1S/C39H54N4O15/c1-17(46)41-25-12-26(42-18(2)47)36(58-38-33(51)32(50)31(49)27(55-38)13-40-3)34(52)35(25)57-37-23(14-44)29(30(48)28(15-45)56-37)43-39(53)54-16-24-21-10-6-4-8-19(21)20-9-5-7-11-22(20)24/h4-11,23-38,40,44-45,48-52H,12-16H2,1-3H3,(H,41,46)(H,42,47)(H,43,53). The monoisotopic (exact) mass is 818 g/mol. The second kappa shape index (κ2) is 19.0. The molecule has 58 heavy (non-hydrogen) atoms. The van der Waals surface area contributed by atoms with Gasteiger partial charge in [0.25, 0.3) is 0 Å². The number of rotatable bonds is 13. The first kappa shape index (κ1) is 43.7. The molecule has 11 N–H and O–H groups in total. The lowest BCUT2D eigenvalue weighted by Gasteiger charge is -2.50. The summed E-state index contributed by atoms with van der Waals surface area (Å²) in [6.45, 7) is 0.945. The van der Waals surface area contributed by atoms with E-state index in [1.165, 1.54) is 13.8 Å². The molecule has 2 aromatic carbocycles. The van der Waals surface area contributed by atoms with E-state index in [9.17, 15) is 50.1 Å². The lowest BCUT2D eigenvalue weighted by atomic mass is 9.82. The van der Waals surface area contributed by atoms with Crippen LogP contribution in [-0.2, 0) is 33.3 Å². The van der Waals surface area contributed by atoms with Gasteiger partial charge in [0.15, 0.2) is 12.6 Å². The SMILES string of the molecule is CNCC1OC(OC2C(NC(C)=O)CC(NC(C)=O)C(OC3OC(CO)C(O)C(NC(=O)OCC4c5ccccc5-c5ccccc54)C3CO)C2O)C(O)C(O)C1O. The van der Waals surface area contributed by atoms with Crippen LogP contribution in [0.1, 0.15) is 37.3 Å². The van der Waals surface area contributed by atoms with Crippen LogP contribution in [0.25, 0.3) is 11.1 Å². The Bertz CT molecular complexity index is 1690. The molecule has 0 radical (unpaired) electrons. The molecule has 2 heterocycles. The van der Waals surface area contributed by atoms with Gasteiger partial charge in [-0.25, -0.2) is 4.79 Å². The lowest BCUT2D eigenvalue weighted by molar-refractivity contribution is -0.332. The number of alkyl carbamates (subject to hydrolysis) is 1. The van der Waals surface area contributed by atoms with Gasteiger partial charge < -0.3 is 80.7 Å². The Morgan fingerprint density at radius 2 is 1.24 bits per heavy atom. The average molecular weight is 819 g/mol. The molecule has 19 heteroatoms. The third kappa shape index (κ3) is 9.15. The van der Waals surface area contributed by atoms with E-state index in [2.05, 4.69) is 21.3 Å². The molecule has 0 bridgehead atoms. The zero-order valence-corrected chi connectivity index (χ0v) is 32.3. The topological polar surface area (TPSA) is 287 Å². The van der Waals surface area contributed by atoms with Crippen molar-refractivity contribution in [1.82, 2.24) is 21.3 Å². The summed E-state index contributed by atoms with van der Waals surface area (Å²) in [5.41, 5.74) is 3.99. The minimum atomic E-state index is -1.79. The minimum absolute atomic E-state index is 0.0498. The Kier molecular flexibility index (Phi) is 14.4. The van der Waals surface area contributed by atoms with Crippen LogP contribution in [0.2, 0.25) is 0 Å². The van der Waals surface area contributed by atoms with Gasteiger partial charge in [0, 0.05) is 26.3 Å². The zero-order valence-electron chi connectivity index (χ0n) is 32.3. The average Bonchev–Trinajstić information content (AvgIpc) is 3.51. The van der Waals surface area contributed by atoms with Gasteiger partial charge in [-0.1, -0.05) is 48.5 Å². The van der Waals surface area contributed by atoms with E-state index in [-0.39, 0.29) is 25.5 Å². The fraction of sp³-hybridized carbons (Fsp3) is 0.615. The normalized spacial score (nSPS) is 36.0. The first-order valence-electron chi connectivity index (χ1n) is 19.3. The van der Waals surface area contributed by atoms with E-state index in [1.807, 2.05) is 48.5 Å². The molecule has 2 aliphatic heterocycles. The number of fused-ring (bicyclic) bond motifs is 3. The van der Waals surface area contributed by atoms with Crippen molar-refractivity contribution in [2.75, 3.05) is 33.4 Å². The molecule has 4 aliphatic rings. The van der Waals surface area contributed by atoms with Crippen molar-refractivity contribution in [3.63, 3.8) is 0 Å². The molecule has 15 unspecified atom stereocenters. The van der Waals surface area contributed by atoms with Crippen molar-refractivity contribution in [3.8, 4) is 11.1 Å². The van der Waals surface area contributed by atoms with Crippen molar-refractivity contribution in [2.45, 2.75) is 112 Å². The van der Waals surface area contributed by atoms with E-state index >= 15 is 0 Å². The zero-order chi connectivity index (χ0) is 41.8. The number of amides is 3. The third-order valence-electron chi connectivity index (χ3n) is 11.3. The van der Waals surface area contributed by atoms with Gasteiger partial charge in [-0.05, 0) is 35.7 Å². The summed E-state index contributed by atoms with van der Waals surface area (Å²) in [5.74, 6) is -2.58. The van der Waals surface area contributed by atoms with Gasteiger partial charge >= 0.3 is 6.09 Å². The molecule has 15 atom stereocenters. The smallest absolute Gasteiger partial charge is 0.407 e. The molecule has 6 rings (SSSR count). The quantitative estimate of drug-likeness (QED) is 0.0971. The first-order valence-corrected chi connectivity index (χ1v) is 19.3. The van der Waals surface area contributed by atoms with Crippen LogP contribution < -0.4 is 21.3 Å². The molecule has 3 amide bonds. The highest BCUT2D eigenvalue weighted by Gasteiger charge is 2.54. The molecule has 19 nitrogen and oxygen atoms in total. The number of nitrogens with one attached hydrogen (secondary N) is 4. The van der Waals surface area contributed by atoms with Crippen LogP contribution in [0.3, 0.4) is 0 Å². The second-order valence-corrected chi connectivity index (χ2v) is 15.2. The number of aliphatic hydroxyl groups excluding tert-OH is 7. The third-order valence-corrected chi connectivity index (χ3v) is 11.3.